The Hall–Kier alpha value is -1.30. The van der Waals surface area contributed by atoms with E-state index in [1.165, 1.54) is 42.4 Å². The van der Waals surface area contributed by atoms with Gasteiger partial charge >= 0.3 is 0 Å². The van der Waals surface area contributed by atoms with Gasteiger partial charge in [0.05, 0.1) is 0 Å². The Labute approximate surface area is 105 Å². The van der Waals surface area contributed by atoms with Crippen molar-refractivity contribution in [1.29, 1.82) is 0 Å². The summed E-state index contributed by atoms with van der Waals surface area (Å²) in [4.78, 5) is 0. The molecule has 0 heterocycles. The molecule has 0 unspecified atom stereocenters. The Morgan fingerprint density at radius 3 is 2.47 bits per heavy atom. The van der Waals surface area contributed by atoms with Gasteiger partial charge in [-0.2, -0.15) is 0 Å². The second kappa shape index (κ2) is 5.86. The SMILES string of the molecule is CCC[C@@H](C)c1ccc(C2=CCCC=C2)cc1. The molecule has 0 spiro atoms. The highest BCUT2D eigenvalue weighted by atomic mass is 14.1. The van der Waals surface area contributed by atoms with Gasteiger partial charge in [0.25, 0.3) is 0 Å². The summed E-state index contributed by atoms with van der Waals surface area (Å²) >= 11 is 0. The standard InChI is InChI=1S/C17H22/c1-3-7-14(2)15-10-12-17(13-11-15)16-8-5-4-6-9-16/h5,8-14H,3-4,6-7H2,1-2H3/t14-/m1/s1. The van der Waals surface area contributed by atoms with E-state index in [9.17, 15) is 0 Å². The number of rotatable bonds is 4. The molecular weight excluding hydrogens is 204 g/mol. The van der Waals surface area contributed by atoms with E-state index in [1.54, 1.807) is 0 Å². The minimum Gasteiger partial charge on any atom is -0.0836 e. The van der Waals surface area contributed by atoms with Crippen LogP contribution in [0.2, 0.25) is 0 Å². The molecule has 0 aromatic heterocycles. The first-order valence-corrected chi connectivity index (χ1v) is 6.78. The molecule has 1 aliphatic carbocycles. The third-order valence-corrected chi connectivity index (χ3v) is 3.53. The monoisotopic (exact) mass is 226 g/mol. The topological polar surface area (TPSA) is 0 Å². The Morgan fingerprint density at radius 2 is 1.88 bits per heavy atom. The van der Waals surface area contributed by atoms with Crippen molar-refractivity contribution in [3.8, 4) is 0 Å². The maximum Gasteiger partial charge on any atom is -0.0187 e. The molecule has 0 saturated heterocycles. The Morgan fingerprint density at radius 1 is 1.12 bits per heavy atom. The lowest BCUT2D eigenvalue weighted by molar-refractivity contribution is 0.665. The van der Waals surface area contributed by atoms with Gasteiger partial charge in [0.1, 0.15) is 0 Å². The largest absolute Gasteiger partial charge is 0.0836 e. The van der Waals surface area contributed by atoms with Crippen LogP contribution < -0.4 is 0 Å². The van der Waals surface area contributed by atoms with Crippen LogP contribution in [-0.2, 0) is 0 Å². The molecule has 0 saturated carbocycles. The van der Waals surface area contributed by atoms with Gasteiger partial charge in [-0.15, -0.1) is 0 Å². The Bertz CT molecular complexity index is 406. The highest BCUT2D eigenvalue weighted by molar-refractivity contribution is 5.74. The van der Waals surface area contributed by atoms with E-state index in [2.05, 4.69) is 56.3 Å². The smallest absolute Gasteiger partial charge is 0.0187 e. The lowest BCUT2D eigenvalue weighted by Crippen LogP contribution is -1.93. The van der Waals surface area contributed by atoms with Gasteiger partial charge in [0.2, 0.25) is 0 Å². The first-order chi connectivity index (χ1) is 8.31. The van der Waals surface area contributed by atoms with Gasteiger partial charge in [0, 0.05) is 0 Å². The fourth-order valence-electron chi connectivity index (χ4n) is 2.43. The molecule has 17 heavy (non-hydrogen) atoms. The quantitative estimate of drug-likeness (QED) is 0.651. The van der Waals surface area contributed by atoms with E-state index < -0.39 is 0 Å². The van der Waals surface area contributed by atoms with Crippen molar-refractivity contribution in [3.63, 3.8) is 0 Å². The normalized spacial score (nSPS) is 16.7. The number of allylic oxidation sites excluding steroid dienone is 4. The van der Waals surface area contributed by atoms with Crippen molar-refractivity contribution < 1.29 is 0 Å². The van der Waals surface area contributed by atoms with Gasteiger partial charge in [0.15, 0.2) is 0 Å². The molecule has 0 radical (unpaired) electrons. The Balaban J connectivity index is 2.12. The molecule has 1 aromatic rings. The lowest BCUT2D eigenvalue weighted by Gasteiger charge is -2.12. The second-order valence-corrected chi connectivity index (χ2v) is 4.95. The van der Waals surface area contributed by atoms with Crippen LogP contribution in [-0.4, -0.2) is 0 Å². The summed E-state index contributed by atoms with van der Waals surface area (Å²) in [6.07, 6.45) is 11.8. The molecule has 1 aliphatic rings. The summed E-state index contributed by atoms with van der Waals surface area (Å²) < 4.78 is 0. The number of hydrogen-bond donors (Lipinski definition) is 0. The fraction of sp³-hybridized carbons (Fsp3) is 0.412. The molecule has 0 nitrogen and oxygen atoms in total. The summed E-state index contributed by atoms with van der Waals surface area (Å²) in [5, 5.41) is 0. The molecule has 0 N–H and O–H groups in total. The van der Waals surface area contributed by atoms with E-state index in [0.29, 0.717) is 5.92 Å². The first-order valence-electron chi connectivity index (χ1n) is 6.78. The number of hydrogen-bond acceptors (Lipinski definition) is 0. The maximum atomic E-state index is 2.34. The first kappa shape index (κ1) is 12.2. The number of benzene rings is 1. The van der Waals surface area contributed by atoms with Crippen LogP contribution in [0.25, 0.3) is 5.57 Å². The minimum atomic E-state index is 0.685. The van der Waals surface area contributed by atoms with Crippen molar-refractivity contribution in [1.82, 2.24) is 0 Å². The molecule has 0 amide bonds. The van der Waals surface area contributed by atoms with Crippen LogP contribution in [0.4, 0.5) is 0 Å². The van der Waals surface area contributed by atoms with E-state index >= 15 is 0 Å². The van der Waals surface area contributed by atoms with Crippen molar-refractivity contribution in [2.24, 2.45) is 0 Å². The summed E-state index contributed by atoms with van der Waals surface area (Å²) in [6.45, 7) is 4.57. The molecule has 1 atom stereocenters. The molecule has 0 aliphatic heterocycles. The van der Waals surface area contributed by atoms with Gasteiger partial charge in [-0.25, -0.2) is 0 Å². The zero-order valence-corrected chi connectivity index (χ0v) is 10.9. The lowest BCUT2D eigenvalue weighted by atomic mass is 9.93. The summed E-state index contributed by atoms with van der Waals surface area (Å²) in [5.74, 6) is 0.685. The Kier molecular flexibility index (Phi) is 4.19. The van der Waals surface area contributed by atoms with Crippen LogP contribution >= 0.6 is 0 Å². The van der Waals surface area contributed by atoms with Crippen LogP contribution in [0.5, 0.6) is 0 Å². The van der Waals surface area contributed by atoms with Crippen LogP contribution in [0, 0.1) is 0 Å². The van der Waals surface area contributed by atoms with E-state index in [-0.39, 0.29) is 0 Å². The van der Waals surface area contributed by atoms with Gasteiger partial charge in [-0.3, -0.25) is 0 Å². The second-order valence-electron chi connectivity index (χ2n) is 4.95. The fourth-order valence-corrected chi connectivity index (χ4v) is 2.43. The van der Waals surface area contributed by atoms with Gasteiger partial charge in [-0.1, -0.05) is 62.8 Å². The van der Waals surface area contributed by atoms with E-state index in [1.807, 2.05) is 0 Å². The maximum absolute atomic E-state index is 2.34. The minimum absolute atomic E-state index is 0.685. The van der Waals surface area contributed by atoms with E-state index in [0.717, 1.165) is 0 Å². The molecule has 1 aromatic carbocycles. The summed E-state index contributed by atoms with van der Waals surface area (Å²) in [6, 6.07) is 9.11. The van der Waals surface area contributed by atoms with E-state index in [4.69, 9.17) is 0 Å². The van der Waals surface area contributed by atoms with Crippen molar-refractivity contribution in [3.05, 3.63) is 53.6 Å². The molecule has 0 fully saturated rings. The highest BCUT2D eigenvalue weighted by Gasteiger charge is 2.05. The summed E-state index contributed by atoms with van der Waals surface area (Å²) in [7, 11) is 0. The predicted molar refractivity (Wildman–Crippen MR) is 76.1 cm³/mol. The third kappa shape index (κ3) is 3.09. The molecular formula is C17H22. The van der Waals surface area contributed by atoms with Crippen LogP contribution in [0.1, 0.15) is 56.6 Å². The third-order valence-electron chi connectivity index (χ3n) is 3.53. The average molecular weight is 226 g/mol. The average Bonchev–Trinajstić information content (AvgIpc) is 2.40. The van der Waals surface area contributed by atoms with Gasteiger partial charge in [-0.05, 0) is 41.9 Å². The van der Waals surface area contributed by atoms with Gasteiger partial charge < -0.3 is 0 Å². The molecule has 90 valence electrons. The predicted octanol–water partition coefficient (Wildman–Crippen LogP) is 5.32. The molecule has 2 rings (SSSR count). The zero-order valence-electron chi connectivity index (χ0n) is 10.9. The highest BCUT2D eigenvalue weighted by Crippen LogP contribution is 2.25. The zero-order chi connectivity index (χ0) is 12.1. The summed E-state index contributed by atoms with van der Waals surface area (Å²) in [5.41, 5.74) is 4.20. The molecule has 0 heteroatoms. The molecule has 0 bridgehead atoms. The van der Waals surface area contributed by atoms with Crippen molar-refractivity contribution in [2.45, 2.75) is 45.4 Å². The van der Waals surface area contributed by atoms with Crippen LogP contribution in [0.3, 0.4) is 0 Å². The van der Waals surface area contributed by atoms with Crippen molar-refractivity contribution in [2.75, 3.05) is 0 Å². The van der Waals surface area contributed by atoms with Crippen molar-refractivity contribution >= 4 is 5.57 Å². The van der Waals surface area contributed by atoms with Crippen LogP contribution in [0.15, 0.2) is 42.5 Å².